The highest BCUT2D eigenvalue weighted by molar-refractivity contribution is 5.56. The summed E-state index contributed by atoms with van der Waals surface area (Å²) in [5, 5.41) is 17.6. The molecule has 0 aromatic heterocycles. The van der Waals surface area contributed by atoms with Gasteiger partial charge in [-0.25, -0.2) is 0 Å². The minimum Gasteiger partial charge on any atom is -0.495 e. The molecule has 0 aliphatic carbocycles. The number of nitrogen functional groups attached to an aromatic ring is 1. The van der Waals surface area contributed by atoms with E-state index in [1.807, 2.05) is 0 Å². The van der Waals surface area contributed by atoms with Crippen LogP contribution in [0.3, 0.4) is 0 Å². The van der Waals surface area contributed by atoms with Crippen molar-refractivity contribution in [3.63, 3.8) is 0 Å². The summed E-state index contributed by atoms with van der Waals surface area (Å²) in [6, 6.07) is 4.96. The Hall–Kier alpha value is -1.46. The molecule has 4 N–H and O–H groups in total. The van der Waals surface area contributed by atoms with E-state index < -0.39 is 6.10 Å². The standard InChI is InChI=1S/C10H15NO4/c1-14-10-3-2-8(4-9(10)11)15-6-7(13)5-12/h2-4,7,12-13H,5-6,11H2,1H3. The van der Waals surface area contributed by atoms with E-state index in [1.54, 1.807) is 18.2 Å². The third kappa shape index (κ3) is 3.30. The molecule has 1 rings (SSSR count). The molecule has 15 heavy (non-hydrogen) atoms. The number of nitrogens with two attached hydrogens (primary N) is 1. The molecule has 0 fully saturated rings. The van der Waals surface area contributed by atoms with Crippen molar-refractivity contribution in [1.29, 1.82) is 0 Å². The van der Waals surface area contributed by atoms with Crippen molar-refractivity contribution in [2.45, 2.75) is 6.10 Å². The Labute approximate surface area is 88.0 Å². The Morgan fingerprint density at radius 1 is 1.47 bits per heavy atom. The van der Waals surface area contributed by atoms with Crippen molar-refractivity contribution in [3.05, 3.63) is 18.2 Å². The quantitative estimate of drug-likeness (QED) is 0.600. The van der Waals surface area contributed by atoms with E-state index in [9.17, 15) is 0 Å². The van der Waals surface area contributed by atoms with Crippen molar-refractivity contribution in [2.24, 2.45) is 0 Å². The first-order valence-electron chi connectivity index (χ1n) is 4.52. The molecular weight excluding hydrogens is 198 g/mol. The lowest BCUT2D eigenvalue weighted by Crippen LogP contribution is -2.21. The van der Waals surface area contributed by atoms with Gasteiger partial charge in [-0.15, -0.1) is 0 Å². The van der Waals surface area contributed by atoms with E-state index in [2.05, 4.69) is 0 Å². The maximum Gasteiger partial charge on any atom is 0.142 e. The van der Waals surface area contributed by atoms with E-state index in [0.29, 0.717) is 17.2 Å². The predicted molar refractivity (Wildman–Crippen MR) is 56.0 cm³/mol. The maximum atomic E-state index is 9.06. The summed E-state index contributed by atoms with van der Waals surface area (Å²) in [5.41, 5.74) is 6.12. The first-order chi connectivity index (χ1) is 7.17. The van der Waals surface area contributed by atoms with E-state index in [4.69, 9.17) is 25.4 Å². The Morgan fingerprint density at radius 2 is 2.20 bits per heavy atom. The molecule has 0 heterocycles. The van der Waals surface area contributed by atoms with Crippen LogP contribution < -0.4 is 15.2 Å². The number of ether oxygens (including phenoxy) is 2. The van der Waals surface area contributed by atoms with Crippen LogP contribution >= 0.6 is 0 Å². The van der Waals surface area contributed by atoms with Gasteiger partial charge in [0.1, 0.15) is 24.2 Å². The van der Waals surface area contributed by atoms with E-state index >= 15 is 0 Å². The Bertz CT molecular complexity index is 316. The maximum absolute atomic E-state index is 9.06. The van der Waals surface area contributed by atoms with Gasteiger partial charge in [0, 0.05) is 6.07 Å². The Morgan fingerprint density at radius 3 is 2.73 bits per heavy atom. The number of benzene rings is 1. The van der Waals surface area contributed by atoms with Crippen LogP contribution in [0.1, 0.15) is 0 Å². The van der Waals surface area contributed by atoms with Crippen LogP contribution in [0.5, 0.6) is 11.5 Å². The highest BCUT2D eigenvalue weighted by Gasteiger charge is 2.05. The molecule has 0 radical (unpaired) electrons. The van der Waals surface area contributed by atoms with Crippen molar-refractivity contribution in [2.75, 3.05) is 26.1 Å². The number of rotatable bonds is 5. The summed E-state index contributed by atoms with van der Waals surface area (Å²) in [6.45, 7) is -0.298. The molecule has 0 aliphatic heterocycles. The molecule has 0 saturated carbocycles. The summed E-state index contributed by atoms with van der Waals surface area (Å²) < 4.78 is 10.2. The molecule has 1 atom stereocenters. The van der Waals surface area contributed by atoms with Gasteiger partial charge in [-0.1, -0.05) is 0 Å². The summed E-state index contributed by atoms with van der Waals surface area (Å²) in [6.07, 6.45) is -0.881. The van der Waals surface area contributed by atoms with Gasteiger partial charge in [0.15, 0.2) is 0 Å². The SMILES string of the molecule is COc1ccc(OCC(O)CO)cc1N. The molecule has 1 aromatic carbocycles. The van der Waals surface area contributed by atoms with Crippen LogP contribution in [-0.4, -0.2) is 36.6 Å². The summed E-state index contributed by atoms with van der Waals surface area (Å²) in [5.74, 6) is 1.10. The van der Waals surface area contributed by atoms with Gasteiger partial charge in [0.25, 0.3) is 0 Å². The molecule has 0 bridgehead atoms. The molecule has 5 heteroatoms. The lowest BCUT2D eigenvalue weighted by molar-refractivity contribution is 0.0536. The number of hydrogen-bond acceptors (Lipinski definition) is 5. The molecule has 1 aromatic rings. The Balaban J connectivity index is 2.59. The average molecular weight is 213 g/mol. The lowest BCUT2D eigenvalue weighted by atomic mass is 10.3. The second kappa shape index (κ2) is 5.43. The van der Waals surface area contributed by atoms with E-state index in [-0.39, 0.29) is 13.2 Å². The predicted octanol–water partition coefficient (Wildman–Crippen LogP) is 0.00940. The minimum absolute atomic E-state index is 0.0300. The van der Waals surface area contributed by atoms with Crippen molar-refractivity contribution >= 4 is 5.69 Å². The molecule has 0 aliphatic rings. The minimum atomic E-state index is -0.881. The van der Waals surface area contributed by atoms with Crippen LogP contribution in [-0.2, 0) is 0 Å². The molecule has 84 valence electrons. The number of aliphatic hydroxyl groups is 2. The largest absolute Gasteiger partial charge is 0.495 e. The second-order valence-electron chi connectivity index (χ2n) is 3.05. The monoisotopic (exact) mass is 213 g/mol. The van der Waals surface area contributed by atoms with E-state index in [0.717, 1.165) is 0 Å². The highest BCUT2D eigenvalue weighted by Crippen LogP contribution is 2.25. The number of anilines is 1. The molecule has 0 saturated heterocycles. The number of methoxy groups -OCH3 is 1. The number of aliphatic hydroxyl groups excluding tert-OH is 2. The van der Waals surface area contributed by atoms with Crippen molar-refractivity contribution < 1.29 is 19.7 Å². The fraction of sp³-hybridized carbons (Fsp3) is 0.400. The van der Waals surface area contributed by atoms with Crippen molar-refractivity contribution in [3.8, 4) is 11.5 Å². The Kier molecular flexibility index (Phi) is 4.20. The lowest BCUT2D eigenvalue weighted by Gasteiger charge is -2.11. The number of hydrogen-bond donors (Lipinski definition) is 3. The van der Waals surface area contributed by atoms with Gasteiger partial charge in [-0.2, -0.15) is 0 Å². The van der Waals surface area contributed by atoms with Crippen molar-refractivity contribution in [1.82, 2.24) is 0 Å². The zero-order valence-electron chi connectivity index (χ0n) is 8.51. The second-order valence-corrected chi connectivity index (χ2v) is 3.05. The van der Waals surface area contributed by atoms with Crippen LogP contribution in [0.4, 0.5) is 5.69 Å². The molecule has 0 spiro atoms. The van der Waals surface area contributed by atoms with Crippen LogP contribution in [0.25, 0.3) is 0 Å². The molecule has 0 amide bonds. The zero-order valence-corrected chi connectivity index (χ0v) is 8.51. The molecule has 1 unspecified atom stereocenters. The third-order valence-electron chi connectivity index (χ3n) is 1.85. The zero-order chi connectivity index (χ0) is 11.3. The van der Waals surface area contributed by atoms with Crippen LogP contribution in [0.2, 0.25) is 0 Å². The van der Waals surface area contributed by atoms with Crippen LogP contribution in [0, 0.1) is 0 Å². The molecule has 5 nitrogen and oxygen atoms in total. The normalized spacial score (nSPS) is 12.2. The van der Waals surface area contributed by atoms with Gasteiger partial charge < -0.3 is 25.4 Å². The van der Waals surface area contributed by atoms with Gasteiger partial charge in [0.05, 0.1) is 19.4 Å². The highest BCUT2D eigenvalue weighted by atomic mass is 16.5. The summed E-state index contributed by atoms with van der Waals surface area (Å²) >= 11 is 0. The fourth-order valence-corrected chi connectivity index (χ4v) is 1.05. The summed E-state index contributed by atoms with van der Waals surface area (Å²) in [7, 11) is 1.53. The van der Waals surface area contributed by atoms with Gasteiger partial charge >= 0.3 is 0 Å². The average Bonchev–Trinajstić information content (AvgIpc) is 2.26. The van der Waals surface area contributed by atoms with E-state index in [1.165, 1.54) is 7.11 Å². The summed E-state index contributed by atoms with van der Waals surface area (Å²) in [4.78, 5) is 0. The smallest absolute Gasteiger partial charge is 0.142 e. The molecular formula is C10H15NO4. The van der Waals surface area contributed by atoms with Crippen LogP contribution in [0.15, 0.2) is 18.2 Å². The van der Waals surface area contributed by atoms with Gasteiger partial charge in [-0.05, 0) is 12.1 Å². The first-order valence-corrected chi connectivity index (χ1v) is 4.52. The fourth-order valence-electron chi connectivity index (χ4n) is 1.05. The third-order valence-corrected chi connectivity index (χ3v) is 1.85. The van der Waals surface area contributed by atoms with Gasteiger partial charge in [-0.3, -0.25) is 0 Å². The van der Waals surface area contributed by atoms with Gasteiger partial charge in [0.2, 0.25) is 0 Å². The topological polar surface area (TPSA) is 84.9 Å². The first kappa shape index (κ1) is 11.6.